The van der Waals surface area contributed by atoms with Crippen LogP contribution in [0.2, 0.25) is 0 Å². The summed E-state index contributed by atoms with van der Waals surface area (Å²) in [7, 11) is 0. The van der Waals surface area contributed by atoms with Gasteiger partial charge in [0.25, 0.3) is 0 Å². The SMILES string of the molecule is Cc1nn(C(C)C)c(C)c1CCC(C)(C)N. The summed E-state index contributed by atoms with van der Waals surface area (Å²) in [5.41, 5.74) is 9.73. The third-order valence-corrected chi connectivity index (χ3v) is 2.98. The monoisotopic (exact) mass is 223 g/mol. The predicted octanol–water partition coefficient (Wildman–Crippen LogP) is 2.75. The lowest BCUT2D eigenvalue weighted by Crippen LogP contribution is -2.32. The molecular weight excluding hydrogens is 198 g/mol. The minimum Gasteiger partial charge on any atom is -0.326 e. The molecule has 3 heteroatoms. The lowest BCUT2D eigenvalue weighted by Gasteiger charge is -2.18. The van der Waals surface area contributed by atoms with Gasteiger partial charge in [0.1, 0.15) is 0 Å². The van der Waals surface area contributed by atoms with Crippen molar-refractivity contribution in [1.82, 2.24) is 9.78 Å². The zero-order chi connectivity index (χ0) is 12.5. The zero-order valence-corrected chi connectivity index (χ0v) is 11.5. The predicted molar refractivity (Wildman–Crippen MR) is 68.7 cm³/mol. The summed E-state index contributed by atoms with van der Waals surface area (Å²) >= 11 is 0. The molecule has 0 aliphatic rings. The first-order valence-corrected chi connectivity index (χ1v) is 6.06. The lowest BCUT2D eigenvalue weighted by atomic mass is 9.96. The fraction of sp³-hybridized carbons (Fsp3) is 0.769. The highest BCUT2D eigenvalue weighted by Gasteiger charge is 2.16. The lowest BCUT2D eigenvalue weighted by molar-refractivity contribution is 0.475. The van der Waals surface area contributed by atoms with Crippen LogP contribution in [0, 0.1) is 13.8 Å². The number of rotatable bonds is 4. The molecule has 0 saturated carbocycles. The van der Waals surface area contributed by atoms with Gasteiger partial charge in [-0.15, -0.1) is 0 Å². The van der Waals surface area contributed by atoms with Gasteiger partial charge in [-0.2, -0.15) is 5.10 Å². The molecule has 0 aliphatic heterocycles. The fourth-order valence-corrected chi connectivity index (χ4v) is 2.01. The first-order valence-electron chi connectivity index (χ1n) is 6.06. The van der Waals surface area contributed by atoms with Crippen LogP contribution in [-0.4, -0.2) is 15.3 Å². The van der Waals surface area contributed by atoms with E-state index in [0.717, 1.165) is 18.5 Å². The molecular formula is C13H25N3. The molecule has 0 saturated heterocycles. The van der Waals surface area contributed by atoms with Crippen molar-refractivity contribution in [3.8, 4) is 0 Å². The van der Waals surface area contributed by atoms with Crippen molar-refractivity contribution in [2.24, 2.45) is 5.73 Å². The van der Waals surface area contributed by atoms with E-state index >= 15 is 0 Å². The molecule has 0 fully saturated rings. The zero-order valence-electron chi connectivity index (χ0n) is 11.5. The second-order valence-electron chi connectivity index (χ2n) is 5.68. The second kappa shape index (κ2) is 4.58. The summed E-state index contributed by atoms with van der Waals surface area (Å²) in [4.78, 5) is 0. The van der Waals surface area contributed by atoms with Gasteiger partial charge < -0.3 is 5.73 Å². The first-order chi connectivity index (χ1) is 7.22. The Morgan fingerprint density at radius 1 is 1.31 bits per heavy atom. The van der Waals surface area contributed by atoms with Gasteiger partial charge in [0.2, 0.25) is 0 Å². The molecule has 0 aliphatic carbocycles. The normalized spacial score (nSPS) is 12.5. The Balaban J connectivity index is 2.89. The van der Waals surface area contributed by atoms with Crippen LogP contribution in [0.25, 0.3) is 0 Å². The van der Waals surface area contributed by atoms with Crippen molar-refractivity contribution in [3.05, 3.63) is 17.0 Å². The number of aryl methyl sites for hydroxylation is 1. The van der Waals surface area contributed by atoms with E-state index in [1.807, 2.05) is 0 Å². The Bertz CT molecular complexity index is 356. The van der Waals surface area contributed by atoms with E-state index in [-0.39, 0.29) is 5.54 Å². The van der Waals surface area contributed by atoms with Crippen molar-refractivity contribution in [3.63, 3.8) is 0 Å². The maximum Gasteiger partial charge on any atom is 0.0628 e. The van der Waals surface area contributed by atoms with Crippen molar-refractivity contribution in [2.45, 2.75) is 66.0 Å². The van der Waals surface area contributed by atoms with Crippen LogP contribution >= 0.6 is 0 Å². The molecule has 0 amide bonds. The maximum atomic E-state index is 6.02. The second-order valence-corrected chi connectivity index (χ2v) is 5.68. The van der Waals surface area contributed by atoms with Gasteiger partial charge >= 0.3 is 0 Å². The summed E-state index contributed by atoms with van der Waals surface area (Å²) < 4.78 is 2.11. The molecule has 1 aromatic heterocycles. The van der Waals surface area contributed by atoms with E-state index in [2.05, 4.69) is 51.3 Å². The van der Waals surface area contributed by atoms with E-state index in [9.17, 15) is 0 Å². The van der Waals surface area contributed by atoms with Crippen molar-refractivity contribution in [2.75, 3.05) is 0 Å². The fourth-order valence-electron chi connectivity index (χ4n) is 2.01. The summed E-state index contributed by atoms with van der Waals surface area (Å²) in [5, 5.41) is 4.59. The van der Waals surface area contributed by atoms with Crippen LogP contribution in [0.4, 0.5) is 0 Å². The van der Waals surface area contributed by atoms with E-state index in [1.54, 1.807) is 0 Å². The molecule has 0 bridgehead atoms. The van der Waals surface area contributed by atoms with Gasteiger partial charge in [-0.05, 0) is 59.9 Å². The molecule has 0 atom stereocenters. The summed E-state index contributed by atoms with van der Waals surface area (Å²) in [6.07, 6.45) is 2.02. The summed E-state index contributed by atoms with van der Waals surface area (Å²) in [5.74, 6) is 0. The number of aromatic nitrogens is 2. The number of nitrogens with two attached hydrogens (primary N) is 1. The van der Waals surface area contributed by atoms with E-state index in [1.165, 1.54) is 11.3 Å². The van der Waals surface area contributed by atoms with E-state index in [4.69, 9.17) is 5.73 Å². The molecule has 0 aromatic carbocycles. The molecule has 3 nitrogen and oxygen atoms in total. The van der Waals surface area contributed by atoms with E-state index < -0.39 is 0 Å². The Morgan fingerprint density at radius 3 is 2.25 bits per heavy atom. The number of hydrogen-bond donors (Lipinski definition) is 1. The van der Waals surface area contributed by atoms with Gasteiger partial charge in [-0.3, -0.25) is 4.68 Å². The Hall–Kier alpha value is -0.830. The summed E-state index contributed by atoms with van der Waals surface area (Å²) in [6, 6.07) is 0.429. The van der Waals surface area contributed by atoms with Crippen LogP contribution in [0.3, 0.4) is 0 Å². The van der Waals surface area contributed by atoms with Crippen molar-refractivity contribution >= 4 is 0 Å². The molecule has 0 spiro atoms. The van der Waals surface area contributed by atoms with Crippen LogP contribution in [0.5, 0.6) is 0 Å². The molecule has 1 aromatic rings. The van der Waals surface area contributed by atoms with Gasteiger partial charge in [0, 0.05) is 17.3 Å². The van der Waals surface area contributed by atoms with E-state index in [0.29, 0.717) is 6.04 Å². The third kappa shape index (κ3) is 3.08. The topological polar surface area (TPSA) is 43.8 Å². The number of hydrogen-bond acceptors (Lipinski definition) is 2. The molecule has 16 heavy (non-hydrogen) atoms. The maximum absolute atomic E-state index is 6.02. The van der Waals surface area contributed by atoms with Gasteiger partial charge in [-0.1, -0.05) is 0 Å². The molecule has 1 heterocycles. The highest BCUT2D eigenvalue weighted by molar-refractivity contribution is 5.25. The van der Waals surface area contributed by atoms with Crippen LogP contribution in [0.15, 0.2) is 0 Å². The highest BCUT2D eigenvalue weighted by Crippen LogP contribution is 2.20. The molecule has 0 unspecified atom stereocenters. The summed E-state index contributed by atoms with van der Waals surface area (Å²) in [6.45, 7) is 12.7. The van der Waals surface area contributed by atoms with Gasteiger partial charge in [0.05, 0.1) is 5.69 Å². The smallest absolute Gasteiger partial charge is 0.0628 e. The van der Waals surface area contributed by atoms with Crippen LogP contribution in [-0.2, 0) is 6.42 Å². The van der Waals surface area contributed by atoms with Gasteiger partial charge in [0.15, 0.2) is 0 Å². The van der Waals surface area contributed by atoms with Gasteiger partial charge in [-0.25, -0.2) is 0 Å². The van der Waals surface area contributed by atoms with Crippen LogP contribution in [0.1, 0.15) is 57.1 Å². The Morgan fingerprint density at radius 2 is 1.88 bits per heavy atom. The van der Waals surface area contributed by atoms with Crippen molar-refractivity contribution < 1.29 is 0 Å². The minimum absolute atomic E-state index is 0.0984. The van der Waals surface area contributed by atoms with Crippen molar-refractivity contribution in [1.29, 1.82) is 0 Å². The largest absolute Gasteiger partial charge is 0.326 e. The van der Waals surface area contributed by atoms with Crippen LogP contribution < -0.4 is 5.73 Å². The minimum atomic E-state index is -0.0984. The average Bonchev–Trinajstić information content (AvgIpc) is 2.38. The molecule has 2 N–H and O–H groups in total. The molecule has 92 valence electrons. The number of nitrogens with zero attached hydrogens (tertiary/aromatic N) is 2. The molecule has 1 rings (SSSR count). The average molecular weight is 223 g/mol. The highest BCUT2D eigenvalue weighted by atomic mass is 15.3. The standard InChI is InChI=1S/C13H25N3/c1-9(2)16-11(4)12(10(3)15-16)7-8-13(5,6)14/h9H,7-8,14H2,1-6H3. The quantitative estimate of drug-likeness (QED) is 0.853. The Labute approximate surface area is 99.0 Å². The third-order valence-electron chi connectivity index (χ3n) is 2.98. The first kappa shape index (κ1) is 13.2. The molecule has 0 radical (unpaired) electrons. The Kier molecular flexibility index (Phi) is 3.79.